The highest BCUT2D eigenvalue weighted by molar-refractivity contribution is 6.21. The number of hydrogen-bond donors (Lipinski definition) is 1. The second-order valence-electron chi connectivity index (χ2n) is 8.09. The van der Waals surface area contributed by atoms with Crippen LogP contribution < -0.4 is 5.32 Å². The number of amides is 3. The summed E-state index contributed by atoms with van der Waals surface area (Å²) in [5.74, 6) is -0.581. The van der Waals surface area contributed by atoms with Gasteiger partial charge in [-0.3, -0.25) is 19.3 Å². The third kappa shape index (κ3) is 4.91. The number of aryl methyl sites for hydroxylation is 1. The summed E-state index contributed by atoms with van der Waals surface area (Å²) in [5, 5.41) is 2.95. The Bertz CT molecular complexity index is 710. The van der Waals surface area contributed by atoms with Gasteiger partial charge in [0.1, 0.15) is 0 Å². The number of nitrogens with zero attached hydrogens (tertiary/aromatic N) is 2. The highest BCUT2D eigenvalue weighted by atomic mass is 16.2. The molecular weight excluding hydrogens is 330 g/mol. The van der Waals surface area contributed by atoms with Crippen LogP contribution in [0.3, 0.4) is 0 Å². The van der Waals surface area contributed by atoms with Gasteiger partial charge in [0.2, 0.25) is 5.91 Å². The van der Waals surface area contributed by atoms with Crippen LogP contribution in [0.2, 0.25) is 0 Å². The van der Waals surface area contributed by atoms with E-state index in [1.165, 1.54) is 4.90 Å². The van der Waals surface area contributed by atoms with Gasteiger partial charge in [-0.1, -0.05) is 25.5 Å². The van der Waals surface area contributed by atoms with Crippen LogP contribution >= 0.6 is 0 Å². The quantitative estimate of drug-likeness (QED) is 0.722. The molecule has 1 N–H and O–H groups in total. The van der Waals surface area contributed by atoms with Gasteiger partial charge in [0, 0.05) is 26.1 Å². The first-order valence-corrected chi connectivity index (χ1v) is 8.99. The average molecular weight is 359 g/mol. The maximum atomic E-state index is 12.4. The minimum Gasteiger partial charge on any atom is -0.356 e. The molecule has 1 aromatic rings. The highest BCUT2D eigenvalue weighted by Crippen LogP contribution is 2.24. The Morgan fingerprint density at radius 3 is 2.46 bits per heavy atom. The predicted octanol–water partition coefficient (Wildman–Crippen LogP) is 2.08. The predicted molar refractivity (Wildman–Crippen MR) is 101 cm³/mol. The molecule has 0 radical (unpaired) electrons. The third-order valence-electron chi connectivity index (χ3n) is 4.42. The lowest BCUT2D eigenvalue weighted by Gasteiger charge is -2.28. The van der Waals surface area contributed by atoms with Crippen molar-refractivity contribution in [3.05, 3.63) is 34.9 Å². The Balaban J connectivity index is 1.81. The molecule has 26 heavy (non-hydrogen) atoms. The van der Waals surface area contributed by atoms with Crippen molar-refractivity contribution >= 4 is 17.7 Å². The Hall–Kier alpha value is -2.21. The molecule has 3 amide bonds. The van der Waals surface area contributed by atoms with Crippen LogP contribution in [0.25, 0.3) is 0 Å². The van der Waals surface area contributed by atoms with Crippen molar-refractivity contribution in [3.8, 4) is 0 Å². The number of hydrogen-bond acceptors (Lipinski definition) is 4. The normalized spacial score (nSPS) is 14.2. The van der Waals surface area contributed by atoms with Crippen LogP contribution in [0.4, 0.5) is 0 Å². The van der Waals surface area contributed by atoms with E-state index in [4.69, 9.17) is 0 Å². The fourth-order valence-corrected chi connectivity index (χ4v) is 3.34. The summed E-state index contributed by atoms with van der Waals surface area (Å²) < 4.78 is 0. The second kappa shape index (κ2) is 7.99. The van der Waals surface area contributed by atoms with Gasteiger partial charge in [0.25, 0.3) is 11.8 Å². The molecule has 1 heterocycles. The van der Waals surface area contributed by atoms with E-state index in [9.17, 15) is 14.4 Å². The first kappa shape index (κ1) is 20.1. The van der Waals surface area contributed by atoms with E-state index in [0.717, 1.165) is 12.1 Å². The van der Waals surface area contributed by atoms with Crippen LogP contribution in [0.1, 0.15) is 53.0 Å². The number of nitrogens with one attached hydrogen (secondary N) is 1. The first-order valence-electron chi connectivity index (χ1n) is 8.99. The molecule has 0 spiro atoms. The van der Waals surface area contributed by atoms with Gasteiger partial charge in [0.15, 0.2) is 0 Å². The fraction of sp³-hybridized carbons (Fsp3) is 0.550. The Kier molecular flexibility index (Phi) is 6.18. The van der Waals surface area contributed by atoms with E-state index in [-0.39, 0.29) is 29.7 Å². The minimum atomic E-state index is -0.266. The molecule has 0 aromatic heterocycles. The summed E-state index contributed by atoms with van der Waals surface area (Å²) >= 11 is 0. The zero-order valence-electron chi connectivity index (χ0n) is 16.4. The highest BCUT2D eigenvalue weighted by Gasteiger charge is 2.35. The van der Waals surface area contributed by atoms with Crippen LogP contribution in [0, 0.1) is 12.3 Å². The van der Waals surface area contributed by atoms with Crippen molar-refractivity contribution in [2.45, 2.75) is 33.6 Å². The van der Waals surface area contributed by atoms with Crippen molar-refractivity contribution < 1.29 is 14.4 Å². The molecule has 1 aliphatic rings. The largest absolute Gasteiger partial charge is 0.356 e. The van der Waals surface area contributed by atoms with E-state index in [2.05, 4.69) is 24.1 Å². The molecule has 1 aliphatic heterocycles. The molecular formula is C20H29N3O3. The number of fused-ring (bicyclic) bond motifs is 1. The SMILES string of the molecule is Cc1ccc2c(c1)C(=O)N(CCCC(=O)NCC(C)(C)CN(C)C)C2=O. The molecule has 0 fully saturated rings. The standard InChI is InChI=1S/C20H29N3O3/c1-14-8-9-15-16(11-14)19(26)23(18(15)25)10-6-7-17(24)21-12-20(2,3)13-22(4)5/h8-9,11H,6-7,10,12-13H2,1-5H3,(H,21,24). The summed E-state index contributed by atoms with van der Waals surface area (Å²) in [7, 11) is 4.01. The molecule has 0 unspecified atom stereocenters. The van der Waals surface area contributed by atoms with Crippen LogP contribution in [0.15, 0.2) is 18.2 Å². The topological polar surface area (TPSA) is 69.7 Å². The lowest BCUT2D eigenvalue weighted by molar-refractivity contribution is -0.121. The number of imide groups is 1. The molecule has 0 saturated carbocycles. The fourth-order valence-electron chi connectivity index (χ4n) is 3.34. The summed E-state index contributed by atoms with van der Waals surface area (Å²) in [5.41, 5.74) is 1.85. The van der Waals surface area contributed by atoms with Gasteiger partial charge in [0.05, 0.1) is 11.1 Å². The second-order valence-corrected chi connectivity index (χ2v) is 8.09. The molecule has 0 bridgehead atoms. The molecule has 1 aromatic carbocycles. The van der Waals surface area contributed by atoms with Crippen LogP contribution in [-0.2, 0) is 4.79 Å². The maximum Gasteiger partial charge on any atom is 0.261 e. The molecule has 0 saturated heterocycles. The monoisotopic (exact) mass is 359 g/mol. The summed E-state index contributed by atoms with van der Waals surface area (Å²) in [6.07, 6.45) is 0.759. The lowest BCUT2D eigenvalue weighted by atomic mass is 9.93. The molecule has 0 aliphatic carbocycles. The molecule has 6 nitrogen and oxygen atoms in total. The zero-order chi connectivity index (χ0) is 19.5. The van der Waals surface area contributed by atoms with E-state index in [1.807, 2.05) is 27.1 Å². The van der Waals surface area contributed by atoms with Crippen molar-refractivity contribution in [1.82, 2.24) is 15.1 Å². The molecule has 2 rings (SSSR count). The van der Waals surface area contributed by atoms with Gasteiger partial charge >= 0.3 is 0 Å². The number of carbonyl (C=O) groups excluding carboxylic acids is 3. The van der Waals surface area contributed by atoms with E-state index >= 15 is 0 Å². The number of benzene rings is 1. The summed E-state index contributed by atoms with van der Waals surface area (Å²) in [6.45, 7) is 7.84. The Morgan fingerprint density at radius 2 is 1.81 bits per heavy atom. The van der Waals surface area contributed by atoms with Gasteiger partial charge in [-0.05, 0) is 45.0 Å². The van der Waals surface area contributed by atoms with Gasteiger partial charge < -0.3 is 10.2 Å². The van der Waals surface area contributed by atoms with Crippen molar-refractivity contribution in [1.29, 1.82) is 0 Å². The smallest absolute Gasteiger partial charge is 0.261 e. The van der Waals surface area contributed by atoms with Gasteiger partial charge in [-0.15, -0.1) is 0 Å². The van der Waals surface area contributed by atoms with Crippen LogP contribution in [0.5, 0.6) is 0 Å². The van der Waals surface area contributed by atoms with E-state index in [0.29, 0.717) is 30.5 Å². The Morgan fingerprint density at radius 1 is 1.15 bits per heavy atom. The van der Waals surface area contributed by atoms with E-state index in [1.54, 1.807) is 12.1 Å². The first-order chi connectivity index (χ1) is 12.1. The number of carbonyl (C=O) groups is 3. The van der Waals surface area contributed by atoms with Crippen molar-refractivity contribution in [2.24, 2.45) is 5.41 Å². The molecule has 6 heteroatoms. The summed E-state index contributed by atoms with van der Waals surface area (Å²) in [6, 6.07) is 5.27. The van der Waals surface area contributed by atoms with Gasteiger partial charge in [-0.2, -0.15) is 0 Å². The molecule has 142 valence electrons. The lowest BCUT2D eigenvalue weighted by Crippen LogP contribution is -2.40. The Labute approximate surface area is 155 Å². The number of rotatable bonds is 8. The van der Waals surface area contributed by atoms with Crippen LogP contribution in [-0.4, -0.2) is 61.3 Å². The third-order valence-corrected chi connectivity index (χ3v) is 4.42. The van der Waals surface area contributed by atoms with Gasteiger partial charge in [-0.25, -0.2) is 0 Å². The molecule has 0 atom stereocenters. The minimum absolute atomic E-state index is 0.0143. The van der Waals surface area contributed by atoms with E-state index < -0.39 is 0 Å². The van der Waals surface area contributed by atoms with Crippen molar-refractivity contribution in [2.75, 3.05) is 33.7 Å². The maximum absolute atomic E-state index is 12.4. The summed E-state index contributed by atoms with van der Waals surface area (Å²) in [4.78, 5) is 40.1. The zero-order valence-corrected chi connectivity index (χ0v) is 16.4. The van der Waals surface area contributed by atoms with Crippen molar-refractivity contribution in [3.63, 3.8) is 0 Å². The average Bonchev–Trinajstić information content (AvgIpc) is 2.76.